The molecular formula is C16H22O2. The van der Waals surface area contributed by atoms with E-state index in [4.69, 9.17) is 4.74 Å². The van der Waals surface area contributed by atoms with E-state index in [0.29, 0.717) is 0 Å². The summed E-state index contributed by atoms with van der Waals surface area (Å²) < 4.78 is 5.89. The van der Waals surface area contributed by atoms with E-state index < -0.39 is 0 Å². The Morgan fingerprint density at radius 1 is 1.11 bits per heavy atom. The van der Waals surface area contributed by atoms with Gasteiger partial charge in [-0.3, -0.25) is 0 Å². The second-order valence-corrected chi connectivity index (χ2v) is 5.73. The Bertz CT molecular complexity index is 408. The van der Waals surface area contributed by atoms with Gasteiger partial charge in [-0.1, -0.05) is 18.9 Å². The normalized spacial score (nSPS) is 23.9. The zero-order valence-corrected chi connectivity index (χ0v) is 10.9. The number of aryl methyl sites for hydroxylation is 1. The molecule has 0 amide bonds. The van der Waals surface area contributed by atoms with Crippen LogP contribution in [0.4, 0.5) is 0 Å². The molecule has 1 saturated carbocycles. The van der Waals surface area contributed by atoms with Crippen molar-refractivity contribution in [2.45, 2.75) is 51.0 Å². The molecule has 0 unspecified atom stereocenters. The molecule has 1 aromatic rings. The van der Waals surface area contributed by atoms with E-state index in [-0.39, 0.29) is 6.10 Å². The Labute approximate surface area is 109 Å². The molecule has 0 heterocycles. The largest absolute Gasteiger partial charge is 0.493 e. The minimum Gasteiger partial charge on any atom is -0.493 e. The van der Waals surface area contributed by atoms with Gasteiger partial charge in [0.1, 0.15) is 5.75 Å². The lowest BCUT2D eigenvalue weighted by Gasteiger charge is -2.22. The van der Waals surface area contributed by atoms with Crippen LogP contribution in [0.1, 0.15) is 55.8 Å². The van der Waals surface area contributed by atoms with Crippen LogP contribution in [0, 0.1) is 5.92 Å². The van der Waals surface area contributed by atoms with Gasteiger partial charge in [0.15, 0.2) is 0 Å². The molecule has 2 aliphatic carbocycles. The quantitative estimate of drug-likeness (QED) is 0.882. The first-order chi connectivity index (χ1) is 8.83. The van der Waals surface area contributed by atoms with Crippen LogP contribution in [0.2, 0.25) is 0 Å². The van der Waals surface area contributed by atoms with Crippen LogP contribution in [0.3, 0.4) is 0 Å². The summed E-state index contributed by atoms with van der Waals surface area (Å²) in [5.74, 6) is 1.67. The molecule has 1 aromatic carbocycles. The maximum atomic E-state index is 10.0. The van der Waals surface area contributed by atoms with Crippen molar-refractivity contribution in [2.24, 2.45) is 5.92 Å². The summed E-state index contributed by atoms with van der Waals surface area (Å²) in [4.78, 5) is 0. The second-order valence-electron chi connectivity index (χ2n) is 5.73. The van der Waals surface area contributed by atoms with E-state index >= 15 is 0 Å². The van der Waals surface area contributed by atoms with Crippen LogP contribution in [0.15, 0.2) is 18.2 Å². The van der Waals surface area contributed by atoms with Gasteiger partial charge in [-0.05, 0) is 61.3 Å². The lowest BCUT2D eigenvalue weighted by molar-refractivity contribution is 0.155. The van der Waals surface area contributed by atoms with Gasteiger partial charge < -0.3 is 9.84 Å². The molecule has 1 atom stereocenters. The summed E-state index contributed by atoms with van der Waals surface area (Å²) in [6.07, 6.45) is 8.13. The van der Waals surface area contributed by atoms with Crippen molar-refractivity contribution in [1.29, 1.82) is 0 Å². The van der Waals surface area contributed by atoms with Crippen molar-refractivity contribution >= 4 is 0 Å². The molecule has 0 aliphatic heterocycles. The first-order valence-electron chi connectivity index (χ1n) is 7.26. The van der Waals surface area contributed by atoms with Crippen LogP contribution in [-0.2, 0) is 6.42 Å². The number of fused-ring (bicyclic) bond motifs is 1. The number of hydrogen-bond acceptors (Lipinski definition) is 2. The second kappa shape index (κ2) is 5.31. The van der Waals surface area contributed by atoms with Gasteiger partial charge in [-0.25, -0.2) is 0 Å². The summed E-state index contributed by atoms with van der Waals surface area (Å²) >= 11 is 0. The Morgan fingerprint density at radius 3 is 2.78 bits per heavy atom. The number of hydrogen-bond donors (Lipinski definition) is 1. The molecule has 0 saturated heterocycles. The molecule has 1 N–H and O–H groups in total. The fraction of sp³-hybridized carbons (Fsp3) is 0.625. The smallest absolute Gasteiger partial charge is 0.119 e. The average Bonchev–Trinajstić information content (AvgIpc) is 2.90. The number of aliphatic hydroxyl groups excluding tert-OH is 1. The minimum atomic E-state index is -0.288. The third-order valence-corrected chi connectivity index (χ3v) is 4.36. The summed E-state index contributed by atoms with van der Waals surface area (Å²) in [5, 5.41) is 10.0. The van der Waals surface area contributed by atoms with Crippen LogP contribution < -0.4 is 4.74 Å². The van der Waals surface area contributed by atoms with Crippen LogP contribution in [-0.4, -0.2) is 11.7 Å². The van der Waals surface area contributed by atoms with Gasteiger partial charge in [-0.15, -0.1) is 0 Å². The first-order valence-corrected chi connectivity index (χ1v) is 7.26. The lowest BCUT2D eigenvalue weighted by atomic mass is 9.89. The monoisotopic (exact) mass is 246 g/mol. The van der Waals surface area contributed by atoms with Crippen molar-refractivity contribution in [3.8, 4) is 5.75 Å². The molecule has 2 nitrogen and oxygen atoms in total. The highest BCUT2D eigenvalue weighted by Crippen LogP contribution is 2.33. The third kappa shape index (κ3) is 2.54. The molecule has 2 heteroatoms. The Morgan fingerprint density at radius 2 is 1.94 bits per heavy atom. The van der Waals surface area contributed by atoms with E-state index in [9.17, 15) is 5.11 Å². The van der Waals surface area contributed by atoms with Gasteiger partial charge in [-0.2, -0.15) is 0 Å². The van der Waals surface area contributed by atoms with Crippen molar-refractivity contribution in [3.63, 3.8) is 0 Å². The fourth-order valence-electron chi connectivity index (χ4n) is 3.23. The van der Waals surface area contributed by atoms with E-state index in [1.807, 2.05) is 6.07 Å². The molecule has 0 radical (unpaired) electrons. The molecule has 2 aliphatic rings. The first kappa shape index (κ1) is 12.0. The predicted molar refractivity (Wildman–Crippen MR) is 71.8 cm³/mol. The van der Waals surface area contributed by atoms with E-state index in [1.165, 1.54) is 31.2 Å². The Kier molecular flexibility index (Phi) is 3.55. The number of ether oxygens (including phenoxy) is 1. The Hall–Kier alpha value is -1.02. The highest BCUT2D eigenvalue weighted by atomic mass is 16.5. The van der Waals surface area contributed by atoms with E-state index in [0.717, 1.165) is 43.1 Å². The Balaban J connectivity index is 1.67. The van der Waals surface area contributed by atoms with Crippen molar-refractivity contribution < 1.29 is 9.84 Å². The van der Waals surface area contributed by atoms with Crippen LogP contribution in [0.5, 0.6) is 5.75 Å². The summed E-state index contributed by atoms with van der Waals surface area (Å²) in [6.45, 7) is 0.842. The predicted octanol–water partition coefficient (Wildman–Crippen LogP) is 3.63. The SMILES string of the molecule is O[C@H]1CCCc2ccc(OCC3CCCC3)cc21. The van der Waals surface area contributed by atoms with Gasteiger partial charge >= 0.3 is 0 Å². The average molecular weight is 246 g/mol. The summed E-state index contributed by atoms with van der Waals surface area (Å²) in [5.41, 5.74) is 2.38. The summed E-state index contributed by atoms with van der Waals surface area (Å²) in [6, 6.07) is 6.24. The van der Waals surface area contributed by atoms with Crippen molar-refractivity contribution in [2.75, 3.05) is 6.61 Å². The topological polar surface area (TPSA) is 29.5 Å². The highest BCUT2D eigenvalue weighted by Gasteiger charge is 2.19. The third-order valence-electron chi connectivity index (χ3n) is 4.36. The van der Waals surface area contributed by atoms with Gasteiger partial charge in [0, 0.05) is 0 Å². The van der Waals surface area contributed by atoms with Gasteiger partial charge in [0.05, 0.1) is 12.7 Å². The molecule has 0 bridgehead atoms. The van der Waals surface area contributed by atoms with Crippen molar-refractivity contribution in [3.05, 3.63) is 29.3 Å². The lowest BCUT2D eigenvalue weighted by Crippen LogP contribution is -2.11. The fourth-order valence-corrected chi connectivity index (χ4v) is 3.23. The van der Waals surface area contributed by atoms with Crippen LogP contribution >= 0.6 is 0 Å². The summed E-state index contributed by atoms with van der Waals surface area (Å²) in [7, 11) is 0. The number of aliphatic hydroxyl groups is 1. The molecule has 1 fully saturated rings. The molecule has 18 heavy (non-hydrogen) atoms. The molecule has 3 rings (SSSR count). The number of benzene rings is 1. The molecule has 98 valence electrons. The standard InChI is InChI=1S/C16H22O2/c17-16-7-3-6-13-8-9-14(10-15(13)16)18-11-12-4-1-2-5-12/h8-10,12,16-17H,1-7,11H2/t16-/m0/s1. The molecular weight excluding hydrogens is 224 g/mol. The minimum absolute atomic E-state index is 0.288. The van der Waals surface area contributed by atoms with Crippen molar-refractivity contribution in [1.82, 2.24) is 0 Å². The van der Waals surface area contributed by atoms with Crippen LogP contribution in [0.25, 0.3) is 0 Å². The van der Waals surface area contributed by atoms with Gasteiger partial charge in [0.25, 0.3) is 0 Å². The van der Waals surface area contributed by atoms with E-state index in [1.54, 1.807) is 0 Å². The molecule has 0 aromatic heterocycles. The maximum Gasteiger partial charge on any atom is 0.119 e. The highest BCUT2D eigenvalue weighted by molar-refractivity contribution is 5.38. The zero-order chi connectivity index (χ0) is 12.4. The number of rotatable bonds is 3. The zero-order valence-electron chi connectivity index (χ0n) is 10.9. The maximum absolute atomic E-state index is 10.0. The van der Waals surface area contributed by atoms with E-state index in [2.05, 4.69) is 12.1 Å². The molecule has 0 spiro atoms. The van der Waals surface area contributed by atoms with Gasteiger partial charge in [0.2, 0.25) is 0 Å².